The molecule has 1 amide bonds. The first-order valence-electron chi connectivity index (χ1n) is 12.3. The molecule has 0 aromatic carbocycles. The molecular weight excluding hydrogens is 448 g/mol. The fourth-order valence-electron chi connectivity index (χ4n) is 5.21. The third-order valence-electron chi connectivity index (χ3n) is 7.20. The molecule has 2 aromatic heterocycles. The predicted octanol–water partition coefficient (Wildman–Crippen LogP) is 4.48. The molecule has 2 heterocycles. The molecule has 0 spiro atoms. The first-order chi connectivity index (χ1) is 16.6. The third kappa shape index (κ3) is 5.73. The van der Waals surface area contributed by atoms with Crippen LogP contribution in [0.4, 0.5) is 5.82 Å². The Balaban J connectivity index is 1.30. The lowest BCUT2D eigenvalue weighted by Crippen LogP contribution is -2.48. The van der Waals surface area contributed by atoms with Crippen LogP contribution in [0.2, 0.25) is 0 Å². The molecule has 2 saturated carbocycles. The normalized spacial score (nSPS) is 23.8. The number of esters is 1. The van der Waals surface area contributed by atoms with Gasteiger partial charge in [-0.15, -0.1) is 17.9 Å². The highest BCUT2D eigenvalue weighted by Crippen LogP contribution is 2.45. The zero-order valence-electron chi connectivity index (χ0n) is 19.6. The molecule has 7 nitrogen and oxygen atoms in total. The Morgan fingerprint density at radius 2 is 2.06 bits per heavy atom. The standard InChI is InChI=1S/C26H34N4O3S/c1-2-19-16-21(20(19)9-12-27-18-24(31)30-23-17-28-13-14-29-23)33-25(32)26(22-8-7-15-34-22)10-5-3-4-6-11-26/h2,7-8,13-15,17,19-21,27H,1,3-6,9-12,16,18H2,(H,29,30,31)/t19?,20?,21-/m0/s1. The Morgan fingerprint density at radius 3 is 2.74 bits per heavy atom. The molecule has 182 valence electrons. The first-order valence-corrected chi connectivity index (χ1v) is 13.1. The number of rotatable bonds is 10. The Morgan fingerprint density at radius 1 is 1.24 bits per heavy atom. The van der Waals surface area contributed by atoms with E-state index in [1.54, 1.807) is 17.5 Å². The number of hydrogen-bond donors (Lipinski definition) is 2. The summed E-state index contributed by atoms with van der Waals surface area (Å²) in [5.41, 5.74) is -0.495. The van der Waals surface area contributed by atoms with Gasteiger partial charge in [-0.2, -0.15) is 0 Å². The summed E-state index contributed by atoms with van der Waals surface area (Å²) >= 11 is 1.67. The van der Waals surface area contributed by atoms with Crippen LogP contribution >= 0.6 is 11.3 Å². The minimum atomic E-state index is -0.495. The summed E-state index contributed by atoms with van der Waals surface area (Å²) in [7, 11) is 0. The molecule has 2 aliphatic rings. The minimum absolute atomic E-state index is 0.0503. The second kappa shape index (κ2) is 11.7. The van der Waals surface area contributed by atoms with Gasteiger partial charge in [0, 0.05) is 23.2 Å². The smallest absolute Gasteiger partial charge is 0.317 e. The first kappa shape index (κ1) is 24.5. The fraction of sp³-hybridized carbons (Fsp3) is 0.538. The molecule has 2 aromatic rings. The third-order valence-corrected chi connectivity index (χ3v) is 8.28. The number of nitrogens with one attached hydrogen (secondary N) is 2. The van der Waals surface area contributed by atoms with Crippen molar-refractivity contribution >= 4 is 29.0 Å². The number of aromatic nitrogens is 2. The largest absolute Gasteiger partial charge is 0.461 e. The number of carbonyl (C=O) groups excluding carboxylic acids is 2. The highest BCUT2D eigenvalue weighted by molar-refractivity contribution is 7.10. The van der Waals surface area contributed by atoms with Crippen LogP contribution in [0.5, 0.6) is 0 Å². The molecule has 0 aliphatic heterocycles. The van der Waals surface area contributed by atoms with Crippen molar-refractivity contribution in [2.45, 2.75) is 62.9 Å². The van der Waals surface area contributed by atoms with Crippen molar-refractivity contribution < 1.29 is 14.3 Å². The summed E-state index contributed by atoms with van der Waals surface area (Å²) in [6, 6.07) is 4.13. The monoisotopic (exact) mass is 482 g/mol. The van der Waals surface area contributed by atoms with Crippen molar-refractivity contribution in [3.63, 3.8) is 0 Å². The van der Waals surface area contributed by atoms with Crippen molar-refractivity contribution in [3.8, 4) is 0 Å². The number of allylic oxidation sites excluding steroid dienone is 1. The van der Waals surface area contributed by atoms with Crippen LogP contribution in [-0.4, -0.2) is 41.0 Å². The summed E-state index contributed by atoms with van der Waals surface area (Å²) in [6.45, 7) is 4.82. The van der Waals surface area contributed by atoms with Crippen LogP contribution < -0.4 is 10.6 Å². The van der Waals surface area contributed by atoms with Gasteiger partial charge in [0.1, 0.15) is 11.5 Å². The Bertz CT molecular complexity index is 942. The second-order valence-electron chi connectivity index (χ2n) is 9.32. The van der Waals surface area contributed by atoms with E-state index in [-0.39, 0.29) is 30.4 Å². The number of anilines is 1. The van der Waals surface area contributed by atoms with Crippen LogP contribution in [0, 0.1) is 11.8 Å². The average Bonchev–Trinajstić information content (AvgIpc) is 3.27. The highest BCUT2D eigenvalue weighted by atomic mass is 32.1. The molecule has 2 unspecified atom stereocenters. The number of amides is 1. The van der Waals surface area contributed by atoms with Crippen LogP contribution in [0.1, 0.15) is 56.2 Å². The lowest BCUT2D eigenvalue weighted by atomic mass is 9.69. The highest BCUT2D eigenvalue weighted by Gasteiger charge is 2.47. The summed E-state index contributed by atoms with van der Waals surface area (Å²) in [5.74, 6) is 0.780. The minimum Gasteiger partial charge on any atom is -0.461 e. The summed E-state index contributed by atoms with van der Waals surface area (Å²) in [4.78, 5) is 34.8. The van der Waals surface area contributed by atoms with E-state index < -0.39 is 5.41 Å². The van der Waals surface area contributed by atoms with Crippen LogP contribution in [-0.2, 0) is 19.7 Å². The maximum atomic E-state index is 13.6. The molecule has 3 atom stereocenters. The van der Waals surface area contributed by atoms with Crippen molar-refractivity contribution in [3.05, 3.63) is 53.6 Å². The quantitative estimate of drug-likeness (QED) is 0.224. The van der Waals surface area contributed by atoms with E-state index in [1.165, 1.54) is 25.2 Å². The van der Waals surface area contributed by atoms with Gasteiger partial charge >= 0.3 is 5.97 Å². The van der Waals surface area contributed by atoms with Gasteiger partial charge in [0.15, 0.2) is 5.82 Å². The zero-order valence-corrected chi connectivity index (χ0v) is 20.4. The summed E-state index contributed by atoms with van der Waals surface area (Å²) in [5, 5.41) is 7.96. The number of thiophene rings is 1. The van der Waals surface area contributed by atoms with Gasteiger partial charge in [-0.25, -0.2) is 4.98 Å². The number of carbonyl (C=O) groups is 2. The van der Waals surface area contributed by atoms with Crippen molar-refractivity contribution in [2.75, 3.05) is 18.4 Å². The van der Waals surface area contributed by atoms with Gasteiger partial charge in [-0.3, -0.25) is 14.6 Å². The second-order valence-corrected chi connectivity index (χ2v) is 10.3. The van der Waals surface area contributed by atoms with E-state index in [4.69, 9.17) is 4.74 Å². The molecule has 8 heteroatoms. The van der Waals surface area contributed by atoms with E-state index in [2.05, 4.69) is 38.6 Å². The Labute approximate surface area is 205 Å². The Hall–Kier alpha value is -2.58. The Kier molecular flexibility index (Phi) is 8.45. The molecule has 0 saturated heterocycles. The topological polar surface area (TPSA) is 93.2 Å². The van der Waals surface area contributed by atoms with Gasteiger partial charge < -0.3 is 15.4 Å². The van der Waals surface area contributed by atoms with Gasteiger partial charge in [0.2, 0.25) is 5.91 Å². The average molecular weight is 483 g/mol. The van der Waals surface area contributed by atoms with E-state index in [9.17, 15) is 9.59 Å². The summed E-state index contributed by atoms with van der Waals surface area (Å²) in [6.07, 6.45) is 14.4. The maximum absolute atomic E-state index is 13.6. The predicted molar refractivity (Wildman–Crippen MR) is 134 cm³/mol. The van der Waals surface area contributed by atoms with E-state index in [0.717, 1.165) is 43.4 Å². The van der Waals surface area contributed by atoms with E-state index in [0.29, 0.717) is 18.3 Å². The molecule has 4 rings (SSSR count). The lowest BCUT2D eigenvalue weighted by molar-refractivity contribution is -0.169. The SMILES string of the molecule is C=CC1C[C@H](OC(=O)C2(c3cccs3)CCCCCC2)C1CCNCC(=O)Nc1cnccn1. The van der Waals surface area contributed by atoms with Crippen LogP contribution in [0.25, 0.3) is 0 Å². The molecule has 0 radical (unpaired) electrons. The van der Waals surface area contributed by atoms with E-state index >= 15 is 0 Å². The molecular formula is C26H34N4O3S. The van der Waals surface area contributed by atoms with Crippen molar-refractivity contribution in [1.29, 1.82) is 0 Å². The molecule has 2 aliphatic carbocycles. The molecule has 0 bridgehead atoms. The fourth-order valence-corrected chi connectivity index (χ4v) is 6.18. The zero-order chi connectivity index (χ0) is 23.8. The van der Waals surface area contributed by atoms with Crippen molar-refractivity contribution in [2.24, 2.45) is 11.8 Å². The van der Waals surface area contributed by atoms with Gasteiger partial charge in [-0.05, 0) is 49.6 Å². The number of ether oxygens (including phenoxy) is 1. The lowest BCUT2D eigenvalue weighted by Gasteiger charge is -2.44. The number of nitrogens with zero attached hydrogens (tertiary/aromatic N) is 2. The molecule has 2 N–H and O–H groups in total. The molecule has 2 fully saturated rings. The van der Waals surface area contributed by atoms with Crippen molar-refractivity contribution in [1.82, 2.24) is 15.3 Å². The van der Waals surface area contributed by atoms with Crippen LogP contribution in [0.3, 0.4) is 0 Å². The summed E-state index contributed by atoms with van der Waals surface area (Å²) < 4.78 is 6.21. The molecule has 34 heavy (non-hydrogen) atoms. The van der Waals surface area contributed by atoms with Gasteiger partial charge in [0.05, 0.1) is 12.7 Å². The van der Waals surface area contributed by atoms with Crippen LogP contribution in [0.15, 0.2) is 48.8 Å². The van der Waals surface area contributed by atoms with E-state index in [1.807, 2.05) is 12.1 Å². The maximum Gasteiger partial charge on any atom is 0.317 e. The van der Waals surface area contributed by atoms with Gasteiger partial charge in [0.25, 0.3) is 0 Å². The number of hydrogen-bond acceptors (Lipinski definition) is 7. The van der Waals surface area contributed by atoms with Gasteiger partial charge in [-0.1, -0.05) is 37.8 Å².